The van der Waals surface area contributed by atoms with E-state index in [1.165, 1.54) is 6.42 Å². The van der Waals surface area contributed by atoms with Crippen LogP contribution in [0.2, 0.25) is 0 Å². The van der Waals surface area contributed by atoms with Gasteiger partial charge in [-0.1, -0.05) is 30.3 Å². The van der Waals surface area contributed by atoms with Crippen LogP contribution in [0.15, 0.2) is 35.6 Å². The first-order valence-electron chi connectivity index (χ1n) is 7.31. The Balaban J connectivity index is 2.20. The maximum absolute atomic E-state index is 9.05. The number of amidine groups is 1. The number of nitrogens with zero attached hydrogens (tertiary/aromatic N) is 3. The Morgan fingerprint density at radius 3 is 3.00 bits per heavy atom. The molecule has 1 aliphatic heterocycles. The van der Waals surface area contributed by atoms with Crippen LogP contribution in [0.4, 0.5) is 5.69 Å². The Labute approximate surface area is 124 Å². The number of benzene rings is 1. The first-order chi connectivity index (χ1) is 10.2. The number of aromatic nitrogens is 1. The van der Waals surface area contributed by atoms with Crippen molar-refractivity contribution >= 4 is 22.4 Å². The lowest BCUT2D eigenvalue weighted by Gasteiger charge is -2.34. The van der Waals surface area contributed by atoms with E-state index in [2.05, 4.69) is 22.0 Å². The van der Waals surface area contributed by atoms with Gasteiger partial charge in [0.15, 0.2) is 5.84 Å². The van der Waals surface area contributed by atoms with Crippen molar-refractivity contribution in [2.75, 3.05) is 18.0 Å². The van der Waals surface area contributed by atoms with Gasteiger partial charge in [-0.25, -0.2) is 0 Å². The molecular weight excluding hydrogens is 264 g/mol. The SMILES string of the molecule is CC1CCCN(c2c(/C(N)=N/O)cnc3ccccc23)C1. The largest absolute Gasteiger partial charge is 0.409 e. The average Bonchev–Trinajstić information content (AvgIpc) is 2.53. The summed E-state index contributed by atoms with van der Waals surface area (Å²) in [6, 6.07) is 8.01. The molecule has 0 spiro atoms. The van der Waals surface area contributed by atoms with Crippen molar-refractivity contribution in [1.29, 1.82) is 0 Å². The molecule has 1 atom stereocenters. The number of hydrogen-bond donors (Lipinski definition) is 2. The van der Waals surface area contributed by atoms with Crippen LogP contribution < -0.4 is 10.6 Å². The van der Waals surface area contributed by atoms with Gasteiger partial charge in [-0.05, 0) is 24.8 Å². The number of rotatable bonds is 2. The molecule has 1 saturated heterocycles. The quantitative estimate of drug-likeness (QED) is 0.385. The van der Waals surface area contributed by atoms with E-state index in [1.807, 2.05) is 24.3 Å². The molecule has 1 aromatic heterocycles. The van der Waals surface area contributed by atoms with Crippen LogP contribution in [-0.2, 0) is 0 Å². The molecule has 3 rings (SSSR count). The summed E-state index contributed by atoms with van der Waals surface area (Å²) < 4.78 is 0. The van der Waals surface area contributed by atoms with E-state index < -0.39 is 0 Å². The minimum Gasteiger partial charge on any atom is -0.409 e. The second-order valence-corrected chi connectivity index (χ2v) is 5.72. The van der Waals surface area contributed by atoms with Crippen LogP contribution in [0.1, 0.15) is 25.3 Å². The summed E-state index contributed by atoms with van der Waals surface area (Å²) >= 11 is 0. The van der Waals surface area contributed by atoms with E-state index in [1.54, 1.807) is 6.20 Å². The fourth-order valence-electron chi connectivity index (χ4n) is 3.10. The first-order valence-corrected chi connectivity index (χ1v) is 7.31. The third-order valence-corrected chi connectivity index (χ3v) is 4.10. The average molecular weight is 284 g/mol. The highest BCUT2D eigenvalue weighted by molar-refractivity contribution is 6.08. The van der Waals surface area contributed by atoms with Gasteiger partial charge in [-0.15, -0.1) is 0 Å². The smallest absolute Gasteiger partial charge is 0.173 e. The van der Waals surface area contributed by atoms with E-state index in [0.717, 1.165) is 36.1 Å². The molecule has 3 N–H and O–H groups in total. The highest BCUT2D eigenvalue weighted by Gasteiger charge is 2.22. The molecule has 0 aliphatic carbocycles. The number of nitrogens with two attached hydrogens (primary N) is 1. The number of para-hydroxylation sites is 1. The second kappa shape index (κ2) is 5.60. The number of pyridine rings is 1. The van der Waals surface area contributed by atoms with Crippen LogP contribution in [0.3, 0.4) is 0 Å². The van der Waals surface area contributed by atoms with Crippen LogP contribution in [0.25, 0.3) is 10.9 Å². The van der Waals surface area contributed by atoms with Crippen molar-refractivity contribution in [1.82, 2.24) is 4.98 Å². The Kier molecular flexibility index (Phi) is 3.64. The van der Waals surface area contributed by atoms with Gasteiger partial charge in [-0.3, -0.25) is 4.98 Å². The van der Waals surface area contributed by atoms with Crippen molar-refractivity contribution in [3.05, 3.63) is 36.0 Å². The number of fused-ring (bicyclic) bond motifs is 1. The lowest BCUT2D eigenvalue weighted by Crippen LogP contribution is -2.36. The molecule has 0 amide bonds. The monoisotopic (exact) mass is 284 g/mol. The standard InChI is InChI=1S/C16H20N4O/c1-11-5-4-8-20(10-11)15-12-6-2-3-7-14(12)18-9-13(15)16(17)19-21/h2-3,6-7,9,11,21H,4-5,8,10H2,1H3,(H2,17,19). The second-order valence-electron chi connectivity index (χ2n) is 5.72. The van der Waals surface area contributed by atoms with Crippen molar-refractivity contribution in [2.24, 2.45) is 16.8 Å². The zero-order chi connectivity index (χ0) is 14.8. The lowest BCUT2D eigenvalue weighted by molar-refractivity contribution is 0.318. The Bertz CT molecular complexity index is 683. The molecule has 1 unspecified atom stereocenters. The molecule has 1 aliphatic rings. The molecule has 2 aromatic rings. The summed E-state index contributed by atoms with van der Waals surface area (Å²) in [7, 11) is 0. The predicted molar refractivity (Wildman–Crippen MR) is 84.9 cm³/mol. The molecule has 110 valence electrons. The van der Waals surface area contributed by atoms with Gasteiger partial charge in [0, 0.05) is 24.7 Å². The Hall–Kier alpha value is -2.30. The van der Waals surface area contributed by atoms with Gasteiger partial charge in [0.1, 0.15) is 0 Å². The maximum atomic E-state index is 9.05. The van der Waals surface area contributed by atoms with Crippen molar-refractivity contribution < 1.29 is 5.21 Å². The van der Waals surface area contributed by atoms with Crippen LogP contribution in [-0.4, -0.2) is 29.1 Å². The third kappa shape index (κ3) is 2.51. The van der Waals surface area contributed by atoms with Crippen LogP contribution >= 0.6 is 0 Å². The summed E-state index contributed by atoms with van der Waals surface area (Å²) in [6.07, 6.45) is 4.11. The Morgan fingerprint density at radius 2 is 2.24 bits per heavy atom. The van der Waals surface area contributed by atoms with E-state index >= 15 is 0 Å². The summed E-state index contributed by atoms with van der Waals surface area (Å²) in [4.78, 5) is 6.76. The van der Waals surface area contributed by atoms with Gasteiger partial charge >= 0.3 is 0 Å². The first kappa shape index (κ1) is 13.7. The van der Waals surface area contributed by atoms with Gasteiger partial charge in [-0.2, -0.15) is 0 Å². The maximum Gasteiger partial charge on any atom is 0.173 e. The summed E-state index contributed by atoms with van der Waals surface area (Å²) in [6.45, 7) is 4.24. The molecule has 5 heteroatoms. The minimum absolute atomic E-state index is 0.112. The summed E-state index contributed by atoms with van der Waals surface area (Å²) in [5.41, 5.74) is 8.52. The molecule has 0 saturated carbocycles. The van der Waals surface area contributed by atoms with E-state index in [4.69, 9.17) is 10.9 Å². The molecule has 21 heavy (non-hydrogen) atoms. The lowest BCUT2D eigenvalue weighted by atomic mass is 9.97. The highest BCUT2D eigenvalue weighted by atomic mass is 16.4. The molecule has 0 bridgehead atoms. The van der Waals surface area contributed by atoms with E-state index in [9.17, 15) is 0 Å². The van der Waals surface area contributed by atoms with E-state index in [0.29, 0.717) is 11.5 Å². The van der Waals surface area contributed by atoms with Crippen LogP contribution in [0, 0.1) is 5.92 Å². The van der Waals surface area contributed by atoms with Crippen molar-refractivity contribution in [3.63, 3.8) is 0 Å². The molecule has 5 nitrogen and oxygen atoms in total. The molecular formula is C16H20N4O. The van der Waals surface area contributed by atoms with Gasteiger partial charge in [0.2, 0.25) is 0 Å². The minimum atomic E-state index is 0.112. The number of oxime groups is 1. The zero-order valence-corrected chi connectivity index (χ0v) is 12.2. The van der Waals surface area contributed by atoms with E-state index in [-0.39, 0.29) is 5.84 Å². The normalized spacial score (nSPS) is 20.0. The van der Waals surface area contributed by atoms with Crippen LogP contribution in [0.5, 0.6) is 0 Å². The number of piperidine rings is 1. The fraction of sp³-hybridized carbons (Fsp3) is 0.375. The topological polar surface area (TPSA) is 74.7 Å². The number of anilines is 1. The van der Waals surface area contributed by atoms with Crippen molar-refractivity contribution in [3.8, 4) is 0 Å². The Morgan fingerprint density at radius 1 is 1.43 bits per heavy atom. The van der Waals surface area contributed by atoms with Gasteiger partial charge < -0.3 is 15.8 Å². The highest BCUT2D eigenvalue weighted by Crippen LogP contribution is 2.32. The molecule has 1 fully saturated rings. The van der Waals surface area contributed by atoms with Gasteiger partial charge in [0.25, 0.3) is 0 Å². The zero-order valence-electron chi connectivity index (χ0n) is 12.2. The van der Waals surface area contributed by atoms with Crippen molar-refractivity contribution in [2.45, 2.75) is 19.8 Å². The summed E-state index contributed by atoms with van der Waals surface area (Å²) in [5, 5.41) is 13.3. The predicted octanol–water partition coefficient (Wildman–Crippen LogP) is 2.57. The summed E-state index contributed by atoms with van der Waals surface area (Å²) in [5.74, 6) is 0.757. The fourth-order valence-corrected chi connectivity index (χ4v) is 3.10. The molecule has 1 aromatic carbocycles. The van der Waals surface area contributed by atoms with Gasteiger partial charge in [0.05, 0.1) is 16.8 Å². The molecule has 0 radical (unpaired) electrons. The number of hydrogen-bond acceptors (Lipinski definition) is 4. The molecule has 2 heterocycles. The third-order valence-electron chi connectivity index (χ3n) is 4.10.